The number of rotatable bonds is 1. The van der Waals surface area contributed by atoms with Crippen molar-refractivity contribution in [2.45, 2.75) is 38.5 Å². The molecule has 0 aromatic carbocycles. The maximum absolute atomic E-state index is 10.7. The standard InChI is InChI=1S/C10H15NO/c12-8-11-7-3-5-9-4-1-2-6-10(9)11/h8H,1-7H2. The Bertz CT molecular complexity index is 216. The maximum atomic E-state index is 10.7. The second-order valence-electron chi connectivity index (χ2n) is 3.66. The summed E-state index contributed by atoms with van der Waals surface area (Å²) in [6.45, 7) is 0.947. The van der Waals surface area contributed by atoms with Crippen LogP contribution in [0, 0.1) is 0 Å². The molecule has 1 aliphatic heterocycles. The predicted molar refractivity (Wildman–Crippen MR) is 47.5 cm³/mol. The highest BCUT2D eigenvalue weighted by Crippen LogP contribution is 2.32. The second kappa shape index (κ2) is 3.30. The summed E-state index contributed by atoms with van der Waals surface area (Å²) in [5, 5.41) is 0. The number of nitrogens with zero attached hydrogens (tertiary/aromatic N) is 1. The summed E-state index contributed by atoms with van der Waals surface area (Å²) in [5.41, 5.74) is 2.90. The molecule has 2 heteroatoms. The van der Waals surface area contributed by atoms with Gasteiger partial charge in [-0.2, -0.15) is 0 Å². The molecule has 0 bridgehead atoms. The van der Waals surface area contributed by atoms with Crippen molar-refractivity contribution in [2.75, 3.05) is 6.54 Å². The third-order valence-electron chi connectivity index (χ3n) is 2.90. The van der Waals surface area contributed by atoms with Crippen molar-refractivity contribution in [1.29, 1.82) is 0 Å². The number of carbonyl (C=O) groups is 1. The first-order valence-electron chi connectivity index (χ1n) is 4.84. The molecule has 1 aliphatic carbocycles. The second-order valence-corrected chi connectivity index (χ2v) is 3.66. The molecule has 0 radical (unpaired) electrons. The van der Waals surface area contributed by atoms with E-state index in [1.807, 2.05) is 4.90 Å². The lowest BCUT2D eigenvalue weighted by Gasteiger charge is -2.32. The lowest BCUT2D eigenvalue weighted by atomic mass is 9.90. The van der Waals surface area contributed by atoms with E-state index in [0.717, 1.165) is 25.8 Å². The molecule has 1 heterocycles. The van der Waals surface area contributed by atoms with Crippen molar-refractivity contribution in [3.05, 3.63) is 11.3 Å². The summed E-state index contributed by atoms with van der Waals surface area (Å²) < 4.78 is 0. The molecule has 2 rings (SSSR count). The number of allylic oxidation sites excluding steroid dienone is 2. The van der Waals surface area contributed by atoms with Crippen LogP contribution in [0.4, 0.5) is 0 Å². The largest absolute Gasteiger partial charge is 0.319 e. The molecule has 0 unspecified atom stereocenters. The van der Waals surface area contributed by atoms with Gasteiger partial charge in [0.25, 0.3) is 0 Å². The number of hydrogen-bond acceptors (Lipinski definition) is 1. The van der Waals surface area contributed by atoms with E-state index < -0.39 is 0 Å². The molecule has 0 aromatic rings. The van der Waals surface area contributed by atoms with E-state index in [1.165, 1.54) is 31.4 Å². The zero-order valence-electron chi connectivity index (χ0n) is 7.38. The Morgan fingerprint density at radius 1 is 1.08 bits per heavy atom. The van der Waals surface area contributed by atoms with Crippen LogP contribution in [0.5, 0.6) is 0 Å². The first-order chi connectivity index (χ1) is 5.92. The first kappa shape index (κ1) is 7.84. The van der Waals surface area contributed by atoms with Gasteiger partial charge in [0.05, 0.1) is 0 Å². The molecule has 2 nitrogen and oxygen atoms in total. The molecule has 0 N–H and O–H groups in total. The van der Waals surface area contributed by atoms with Crippen LogP contribution in [0.25, 0.3) is 0 Å². The van der Waals surface area contributed by atoms with Gasteiger partial charge in [-0.1, -0.05) is 5.57 Å². The van der Waals surface area contributed by atoms with Crippen LogP contribution in [0.1, 0.15) is 38.5 Å². The molecule has 12 heavy (non-hydrogen) atoms. The molecular weight excluding hydrogens is 150 g/mol. The van der Waals surface area contributed by atoms with Crippen LogP contribution in [0.3, 0.4) is 0 Å². The minimum absolute atomic E-state index is 0.947. The SMILES string of the molecule is O=CN1CCCC2=C1CCCC2. The summed E-state index contributed by atoms with van der Waals surface area (Å²) in [6, 6.07) is 0. The monoisotopic (exact) mass is 165 g/mol. The van der Waals surface area contributed by atoms with Crippen LogP contribution in [0.15, 0.2) is 11.3 Å². The minimum Gasteiger partial charge on any atom is -0.319 e. The highest BCUT2D eigenvalue weighted by atomic mass is 16.1. The fraction of sp³-hybridized carbons (Fsp3) is 0.700. The van der Waals surface area contributed by atoms with Crippen LogP contribution >= 0.6 is 0 Å². The summed E-state index contributed by atoms with van der Waals surface area (Å²) in [6.07, 6.45) is 8.36. The van der Waals surface area contributed by atoms with Gasteiger partial charge in [-0.15, -0.1) is 0 Å². The van der Waals surface area contributed by atoms with Gasteiger partial charge in [0, 0.05) is 12.2 Å². The fourth-order valence-corrected chi connectivity index (χ4v) is 2.28. The van der Waals surface area contributed by atoms with Gasteiger partial charge in [-0.3, -0.25) is 4.79 Å². The minimum atomic E-state index is 0.947. The third kappa shape index (κ3) is 1.26. The van der Waals surface area contributed by atoms with Crippen molar-refractivity contribution in [3.63, 3.8) is 0 Å². The Labute approximate surface area is 73.2 Å². The number of amides is 1. The zero-order valence-corrected chi connectivity index (χ0v) is 7.38. The average molecular weight is 165 g/mol. The van der Waals surface area contributed by atoms with E-state index in [2.05, 4.69) is 0 Å². The zero-order chi connectivity index (χ0) is 8.39. The van der Waals surface area contributed by atoms with Crippen LogP contribution < -0.4 is 0 Å². The Morgan fingerprint density at radius 3 is 2.67 bits per heavy atom. The fourth-order valence-electron chi connectivity index (χ4n) is 2.28. The Balaban J connectivity index is 2.23. The molecule has 0 saturated carbocycles. The van der Waals surface area contributed by atoms with Crippen molar-refractivity contribution in [3.8, 4) is 0 Å². The van der Waals surface area contributed by atoms with E-state index in [-0.39, 0.29) is 0 Å². The van der Waals surface area contributed by atoms with Crippen LogP contribution in [0.2, 0.25) is 0 Å². The van der Waals surface area contributed by atoms with Gasteiger partial charge in [-0.25, -0.2) is 0 Å². The van der Waals surface area contributed by atoms with E-state index in [1.54, 1.807) is 5.57 Å². The van der Waals surface area contributed by atoms with Crippen molar-refractivity contribution in [2.24, 2.45) is 0 Å². The van der Waals surface area contributed by atoms with Gasteiger partial charge in [0.2, 0.25) is 6.41 Å². The molecule has 1 amide bonds. The maximum Gasteiger partial charge on any atom is 0.213 e. The topological polar surface area (TPSA) is 20.3 Å². The van der Waals surface area contributed by atoms with Crippen LogP contribution in [-0.4, -0.2) is 17.9 Å². The lowest BCUT2D eigenvalue weighted by Crippen LogP contribution is -2.28. The molecule has 0 fully saturated rings. The summed E-state index contributed by atoms with van der Waals surface area (Å²) in [7, 11) is 0. The third-order valence-corrected chi connectivity index (χ3v) is 2.90. The molecule has 0 aromatic heterocycles. The van der Waals surface area contributed by atoms with Gasteiger partial charge in [0.1, 0.15) is 0 Å². The van der Waals surface area contributed by atoms with E-state index in [0.29, 0.717) is 0 Å². The first-order valence-corrected chi connectivity index (χ1v) is 4.84. The molecule has 0 atom stereocenters. The van der Waals surface area contributed by atoms with E-state index >= 15 is 0 Å². The lowest BCUT2D eigenvalue weighted by molar-refractivity contribution is -0.117. The summed E-state index contributed by atoms with van der Waals surface area (Å²) in [5.74, 6) is 0. The van der Waals surface area contributed by atoms with Crippen molar-refractivity contribution < 1.29 is 4.79 Å². The molecule has 0 spiro atoms. The predicted octanol–water partition coefficient (Wildman–Crippen LogP) is 2.07. The molecule has 66 valence electrons. The molecule has 2 aliphatic rings. The quantitative estimate of drug-likeness (QED) is 0.545. The average Bonchev–Trinajstić information content (AvgIpc) is 2.17. The molecule has 0 saturated heterocycles. The van der Waals surface area contributed by atoms with Gasteiger partial charge in [-0.05, 0) is 38.5 Å². The Kier molecular flexibility index (Phi) is 2.15. The van der Waals surface area contributed by atoms with E-state index in [4.69, 9.17) is 0 Å². The summed E-state index contributed by atoms with van der Waals surface area (Å²) >= 11 is 0. The molecular formula is C10H15NO. The summed E-state index contributed by atoms with van der Waals surface area (Å²) in [4.78, 5) is 12.6. The van der Waals surface area contributed by atoms with Gasteiger partial charge in [0.15, 0.2) is 0 Å². The van der Waals surface area contributed by atoms with Crippen molar-refractivity contribution in [1.82, 2.24) is 4.90 Å². The highest BCUT2D eigenvalue weighted by Gasteiger charge is 2.21. The van der Waals surface area contributed by atoms with Crippen molar-refractivity contribution >= 4 is 6.41 Å². The van der Waals surface area contributed by atoms with E-state index in [9.17, 15) is 4.79 Å². The number of hydrogen-bond donors (Lipinski definition) is 0. The highest BCUT2D eigenvalue weighted by molar-refractivity contribution is 5.52. The Hall–Kier alpha value is -0.790. The smallest absolute Gasteiger partial charge is 0.213 e. The normalized spacial score (nSPS) is 23.8. The van der Waals surface area contributed by atoms with Crippen LogP contribution in [-0.2, 0) is 4.79 Å². The van der Waals surface area contributed by atoms with Gasteiger partial charge < -0.3 is 4.90 Å². The van der Waals surface area contributed by atoms with Gasteiger partial charge >= 0.3 is 0 Å². The Morgan fingerprint density at radius 2 is 1.83 bits per heavy atom. The number of carbonyl (C=O) groups excluding carboxylic acids is 1.